The van der Waals surface area contributed by atoms with Crippen molar-refractivity contribution in [3.05, 3.63) is 33.8 Å². The van der Waals surface area contributed by atoms with Gasteiger partial charge >= 0.3 is 0 Å². The van der Waals surface area contributed by atoms with Crippen LogP contribution in [0.4, 0.5) is 0 Å². The maximum atomic E-state index is 10.1. The van der Waals surface area contributed by atoms with Gasteiger partial charge in [-0.3, -0.25) is 0 Å². The average Bonchev–Trinajstić information content (AvgIpc) is 2.32. The standard InChI is InChI=1S/C14H21Cl2NO/c1-4-13(9(2)3)17-8-14(18)11-7-10(15)5-6-12(11)16/h5-7,9,13-14,17-18H,4,8H2,1-3H3. The van der Waals surface area contributed by atoms with Gasteiger partial charge in [0.05, 0.1) is 6.10 Å². The van der Waals surface area contributed by atoms with Crippen molar-refractivity contribution in [1.82, 2.24) is 5.32 Å². The molecule has 1 rings (SSSR count). The third-order valence-electron chi connectivity index (χ3n) is 3.13. The molecule has 0 aliphatic rings. The number of aliphatic hydroxyl groups excluding tert-OH is 1. The molecule has 2 atom stereocenters. The van der Waals surface area contributed by atoms with Crippen LogP contribution in [0.5, 0.6) is 0 Å². The van der Waals surface area contributed by atoms with Gasteiger partial charge in [0.25, 0.3) is 0 Å². The van der Waals surface area contributed by atoms with Crippen molar-refractivity contribution in [2.45, 2.75) is 39.3 Å². The molecule has 1 aromatic rings. The molecule has 4 heteroatoms. The van der Waals surface area contributed by atoms with E-state index in [-0.39, 0.29) is 0 Å². The number of rotatable bonds is 6. The fourth-order valence-electron chi connectivity index (χ4n) is 1.99. The van der Waals surface area contributed by atoms with E-state index in [9.17, 15) is 5.11 Å². The van der Waals surface area contributed by atoms with Gasteiger partial charge in [0, 0.05) is 28.2 Å². The molecule has 102 valence electrons. The Kier molecular flexibility index (Phi) is 6.44. The monoisotopic (exact) mass is 289 g/mol. The van der Waals surface area contributed by atoms with E-state index in [4.69, 9.17) is 23.2 Å². The normalized spacial score (nSPS) is 14.8. The Morgan fingerprint density at radius 3 is 2.50 bits per heavy atom. The fourth-order valence-corrected chi connectivity index (χ4v) is 2.42. The van der Waals surface area contributed by atoms with Crippen molar-refractivity contribution in [2.75, 3.05) is 6.54 Å². The summed E-state index contributed by atoms with van der Waals surface area (Å²) < 4.78 is 0. The van der Waals surface area contributed by atoms with Crippen molar-refractivity contribution in [2.24, 2.45) is 5.92 Å². The summed E-state index contributed by atoms with van der Waals surface area (Å²) in [6.45, 7) is 6.95. The molecule has 0 aliphatic carbocycles. The van der Waals surface area contributed by atoms with Crippen LogP contribution in [0.15, 0.2) is 18.2 Å². The molecule has 0 bridgehead atoms. The molecule has 0 saturated carbocycles. The Labute approximate surface area is 119 Å². The zero-order chi connectivity index (χ0) is 13.7. The highest BCUT2D eigenvalue weighted by Crippen LogP contribution is 2.26. The van der Waals surface area contributed by atoms with E-state index in [0.29, 0.717) is 34.1 Å². The van der Waals surface area contributed by atoms with E-state index >= 15 is 0 Å². The highest BCUT2D eigenvalue weighted by atomic mass is 35.5. The molecule has 2 nitrogen and oxygen atoms in total. The maximum absolute atomic E-state index is 10.1. The summed E-state index contributed by atoms with van der Waals surface area (Å²) in [4.78, 5) is 0. The molecular weight excluding hydrogens is 269 g/mol. The minimum atomic E-state index is -0.635. The quantitative estimate of drug-likeness (QED) is 0.828. The predicted octanol–water partition coefficient (Wildman–Crippen LogP) is 4.05. The zero-order valence-electron chi connectivity index (χ0n) is 11.1. The van der Waals surface area contributed by atoms with Crippen molar-refractivity contribution in [3.8, 4) is 0 Å². The third-order valence-corrected chi connectivity index (χ3v) is 3.71. The van der Waals surface area contributed by atoms with Crippen LogP contribution >= 0.6 is 23.2 Å². The first-order chi connectivity index (χ1) is 8.45. The highest BCUT2D eigenvalue weighted by Gasteiger charge is 2.16. The highest BCUT2D eigenvalue weighted by molar-refractivity contribution is 6.33. The molecule has 0 aromatic heterocycles. The van der Waals surface area contributed by atoms with Crippen LogP contribution in [0.25, 0.3) is 0 Å². The van der Waals surface area contributed by atoms with Crippen LogP contribution in [0.2, 0.25) is 10.0 Å². The third kappa shape index (κ3) is 4.43. The van der Waals surface area contributed by atoms with Crippen molar-refractivity contribution in [1.29, 1.82) is 0 Å². The summed E-state index contributed by atoms with van der Waals surface area (Å²) >= 11 is 12.0. The van der Waals surface area contributed by atoms with E-state index in [1.807, 2.05) is 0 Å². The number of aliphatic hydroxyl groups is 1. The lowest BCUT2D eigenvalue weighted by Crippen LogP contribution is -2.36. The molecule has 18 heavy (non-hydrogen) atoms. The molecule has 0 heterocycles. The van der Waals surface area contributed by atoms with Crippen LogP contribution in [-0.2, 0) is 0 Å². The Balaban J connectivity index is 2.65. The lowest BCUT2D eigenvalue weighted by Gasteiger charge is -2.23. The maximum Gasteiger partial charge on any atom is 0.0929 e. The summed E-state index contributed by atoms with van der Waals surface area (Å²) in [5.74, 6) is 0.539. The van der Waals surface area contributed by atoms with Crippen molar-refractivity contribution < 1.29 is 5.11 Å². The van der Waals surface area contributed by atoms with E-state index in [2.05, 4.69) is 26.1 Å². The number of benzene rings is 1. The molecule has 0 aliphatic heterocycles. The zero-order valence-corrected chi connectivity index (χ0v) is 12.6. The second-order valence-corrected chi connectivity index (χ2v) is 5.69. The molecule has 0 radical (unpaired) electrons. The van der Waals surface area contributed by atoms with E-state index in [1.54, 1.807) is 18.2 Å². The summed E-state index contributed by atoms with van der Waals surface area (Å²) in [5.41, 5.74) is 0.676. The van der Waals surface area contributed by atoms with Gasteiger partial charge in [0.15, 0.2) is 0 Å². The van der Waals surface area contributed by atoms with Crippen molar-refractivity contribution in [3.63, 3.8) is 0 Å². The van der Waals surface area contributed by atoms with Crippen LogP contribution in [0, 0.1) is 5.92 Å². The molecule has 1 aromatic carbocycles. The molecule has 0 amide bonds. The second-order valence-electron chi connectivity index (χ2n) is 4.85. The summed E-state index contributed by atoms with van der Waals surface area (Å²) in [6.07, 6.45) is 0.400. The largest absolute Gasteiger partial charge is 0.387 e. The first kappa shape index (κ1) is 15.8. The minimum absolute atomic E-state index is 0.401. The topological polar surface area (TPSA) is 32.3 Å². The number of hydrogen-bond donors (Lipinski definition) is 2. The number of halogens is 2. The minimum Gasteiger partial charge on any atom is -0.387 e. The molecular formula is C14H21Cl2NO. The van der Waals surface area contributed by atoms with E-state index in [1.165, 1.54) is 0 Å². The number of nitrogens with one attached hydrogen (secondary N) is 1. The molecule has 0 spiro atoms. The van der Waals surface area contributed by atoms with Crippen LogP contribution < -0.4 is 5.32 Å². The predicted molar refractivity (Wildman–Crippen MR) is 78.3 cm³/mol. The summed E-state index contributed by atoms with van der Waals surface area (Å²) in [6, 6.07) is 5.54. The smallest absolute Gasteiger partial charge is 0.0929 e. The number of hydrogen-bond acceptors (Lipinski definition) is 2. The lowest BCUT2D eigenvalue weighted by atomic mass is 10.0. The van der Waals surface area contributed by atoms with Crippen LogP contribution in [0.1, 0.15) is 38.9 Å². The van der Waals surface area contributed by atoms with Gasteiger partial charge in [-0.15, -0.1) is 0 Å². The second kappa shape index (κ2) is 7.34. The molecule has 0 fully saturated rings. The van der Waals surface area contributed by atoms with Crippen molar-refractivity contribution >= 4 is 23.2 Å². The van der Waals surface area contributed by atoms with Gasteiger partial charge in [-0.05, 0) is 30.5 Å². The molecule has 0 saturated heterocycles. The van der Waals surface area contributed by atoms with E-state index < -0.39 is 6.10 Å². The van der Waals surface area contributed by atoms with Gasteiger partial charge in [-0.1, -0.05) is 44.0 Å². The first-order valence-corrected chi connectivity index (χ1v) is 7.07. The fraction of sp³-hybridized carbons (Fsp3) is 0.571. The van der Waals surface area contributed by atoms with Gasteiger partial charge in [-0.2, -0.15) is 0 Å². The van der Waals surface area contributed by atoms with Gasteiger partial charge in [0.2, 0.25) is 0 Å². The molecule has 2 unspecified atom stereocenters. The van der Waals surface area contributed by atoms with Gasteiger partial charge in [0.1, 0.15) is 0 Å². The summed E-state index contributed by atoms with van der Waals surface area (Å²) in [5, 5.41) is 14.6. The SMILES string of the molecule is CCC(NCC(O)c1cc(Cl)ccc1Cl)C(C)C. The van der Waals surface area contributed by atoms with Crippen LogP contribution in [-0.4, -0.2) is 17.7 Å². The Morgan fingerprint density at radius 1 is 1.28 bits per heavy atom. The van der Waals surface area contributed by atoms with Crippen LogP contribution in [0.3, 0.4) is 0 Å². The molecule has 2 N–H and O–H groups in total. The van der Waals surface area contributed by atoms with Gasteiger partial charge in [-0.25, -0.2) is 0 Å². The Bertz CT molecular complexity index is 382. The van der Waals surface area contributed by atoms with Gasteiger partial charge < -0.3 is 10.4 Å². The Hall–Kier alpha value is -0.280. The lowest BCUT2D eigenvalue weighted by molar-refractivity contribution is 0.165. The average molecular weight is 290 g/mol. The first-order valence-electron chi connectivity index (χ1n) is 6.32. The summed E-state index contributed by atoms with van der Waals surface area (Å²) in [7, 11) is 0. The Morgan fingerprint density at radius 2 is 1.94 bits per heavy atom. The van der Waals surface area contributed by atoms with E-state index in [0.717, 1.165) is 6.42 Å².